The number of rotatable bonds is 3. The van der Waals surface area contributed by atoms with Crippen LogP contribution in [0.1, 0.15) is 11.1 Å². The molecule has 1 aliphatic heterocycles. The average molecular weight is 281 g/mol. The number of hydrogen-bond acceptors (Lipinski definition) is 3. The second-order valence-corrected chi connectivity index (χ2v) is 5.42. The van der Waals surface area contributed by atoms with Crippen LogP contribution < -0.4 is 16.0 Å². The minimum Gasteiger partial charge on any atom is -0.399 e. The SMILES string of the molecule is Cc1ccccc1NC(=O)CN1CCc2ccc(N)cc21. The van der Waals surface area contributed by atoms with Crippen molar-refractivity contribution in [2.45, 2.75) is 13.3 Å². The number of benzene rings is 2. The van der Waals surface area contributed by atoms with E-state index < -0.39 is 0 Å². The summed E-state index contributed by atoms with van der Waals surface area (Å²) in [6, 6.07) is 13.7. The molecule has 0 saturated heterocycles. The predicted molar refractivity (Wildman–Crippen MR) is 86.6 cm³/mol. The van der Waals surface area contributed by atoms with E-state index in [4.69, 9.17) is 5.73 Å². The number of fused-ring (bicyclic) bond motifs is 1. The minimum atomic E-state index is -0.000394. The zero-order valence-electron chi connectivity index (χ0n) is 12.1. The van der Waals surface area contributed by atoms with Crippen LogP contribution >= 0.6 is 0 Å². The van der Waals surface area contributed by atoms with Crippen LogP contribution in [0.15, 0.2) is 42.5 Å². The van der Waals surface area contributed by atoms with Crippen molar-refractivity contribution in [1.29, 1.82) is 0 Å². The molecule has 108 valence electrons. The van der Waals surface area contributed by atoms with Crippen molar-refractivity contribution in [3.8, 4) is 0 Å². The number of hydrogen-bond donors (Lipinski definition) is 2. The van der Waals surface area contributed by atoms with Gasteiger partial charge in [0, 0.05) is 23.6 Å². The van der Waals surface area contributed by atoms with E-state index in [0.29, 0.717) is 6.54 Å². The van der Waals surface area contributed by atoms with Gasteiger partial charge in [-0.05, 0) is 42.7 Å². The molecule has 0 bridgehead atoms. The first-order valence-corrected chi connectivity index (χ1v) is 7.12. The third-order valence-electron chi connectivity index (χ3n) is 3.85. The summed E-state index contributed by atoms with van der Waals surface area (Å²) in [5, 5.41) is 2.97. The highest BCUT2D eigenvalue weighted by Gasteiger charge is 2.21. The van der Waals surface area contributed by atoms with Gasteiger partial charge in [0.2, 0.25) is 5.91 Å². The molecule has 0 unspecified atom stereocenters. The number of aryl methyl sites for hydroxylation is 1. The molecule has 0 saturated carbocycles. The second-order valence-electron chi connectivity index (χ2n) is 5.42. The van der Waals surface area contributed by atoms with E-state index in [9.17, 15) is 4.79 Å². The quantitative estimate of drug-likeness (QED) is 0.850. The lowest BCUT2D eigenvalue weighted by Crippen LogP contribution is -2.32. The summed E-state index contributed by atoms with van der Waals surface area (Å²) < 4.78 is 0. The third kappa shape index (κ3) is 2.84. The molecule has 1 amide bonds. The molecule has 0 aliphatic carbocycles. The Morgan fingerprint density at radius 2 is 2.10 bits per heavy atom. The second kappa shape index (κ2) is 5.48. The Kier molecular flexibility index (Phi) is 3.52. The van der Waals surface area contributed by atoms with Gasteiger partial charge in [-0.1, -0.05) is 24.3 Å². The van der Waals surface area contributed by atoms with E-state index in [0.717, 1.165) is 35.6 Å². The van der Waals surface area contributed by atoms with E-state index in [1.165, 1.54) is 5.56 Å². The van der Waals surface area contributed by atoms with Gasteiger partial charge in [0.1, 0.15) is 0 Å². The fraction of sp³-hybridized carbons (Fsp3) is 0.235. The first-order valence-electron chi connectivity index (χ1n) is 7.12. The molecule has 0 aromatic heterocycles. The fourth-order valence-corrected chi connectivity index (χ4v) is 2.70. The Morgan fingerprint density at radius 1 is 1.29 bits per heavy atom. The maximum Gasteiger partial charge on any atom is 0.243 e. The summed E-state index contributed by atoms with van der Waals surface area (Å²) >= 11 is 0. The number of nitrogens with zero attached hydrogens (tertiary/aromatic N) is 1. The number of nitrogen functional groups attached to an aromatic ring is 1. The highest BCUT2D eigenvalue weighted by atomic mass is 16.2. The molecule has 0 radical (unpaired) electrons. The van der Waals surface area contributed by atoms with E-state index in [1.807, 2.05) is 49.4 Å². The number of carbonyl (C=O) groups excluding carboxylic acids is 1. The molecule has 2 aromatic rings. The van der Waals surface area contributed by atoms with Crippen molar-refractivity contribution in [3.05, 3.63) is 53.6 Å². The average Bonchev–Trinajstić information content (AvgIpc) is 2.84. The van der Waals surface area contributed by atoms with Gasteiger partial charge < -0.3 is 16.0 Å². The van der Waals surface area contributed by atoms with E-state index >= 15 is 0 Å². The maximum absolute atomic E-state index is 12.2. The standard InChI is InChI=1S/C17H19N3O/c1-12-4-2-3-5-15(12)19-17(21)11-20-9-8-13-6-7-14(18)10-16(13)20/h2-7,10H,8-9,11,18H2,1H3,(H,19,21). The molecule has 3 N–H and O–H groups in total. The zero-order chi connectivity index (χ0) is 14.8. The van der Waals surface area contributed by atoms with Gasteiger partial charge in [0.05, 0.1) is 6.54 Å². The molecule has 21 heavy (non-hydrogen) atoms. The summed E-state index contributed by atoms with van der Waals surface area (Å²) in [6.07, 6.45) is 0.966. The molecule has 2 aromatic carbocycles. The third-order valence-corrected chi connectivity index (χ3v) is 3.85. The molecule has 1 aliphatic rings. The van der Waals surface area contributed by atoms with Gasteiger partial charge in [-0.3, -0.25) is 4.79 Å². The zero-order valence-corrected chi connectivity index (χ0v) is 12.1. The summed E-state index contributed by atoms with van der Waals surface area (Å²) in [6.45, 7) is 3.20. The van der Waals surface area contributed by atoms with E-state index in [1.54, 1.807) is 0 Å². The largest absolute Gasteiger partial charge is 0.399 e. The van der Waals surface area contributed by atoms with Gasteiger partial charge in [0.15, 0.2) is 0 Å². The Hall–Kier alpha value is -2.49. The molecule has 0 spiro atoms. The number of anilines is 3. The summed E-state index contributed by atoms with van der Waals surface area (Å²) in [5.74, 6) is -0.000394. The Bertz CT molecular complexity index is 681. The van der Waals surface area contributed by atoms with Crippen molar-refractivity contribution in [2.24, 2.45) is 0 Å². The van der Waals surface area contributed by atoms with Crippen LogP contribution in [0.5, 0.6) is 0 Å². The number of nitrogens with one attached hydrogen (secondary N) is 1. The molecule has 3 rings (SSSR count). The Balaban J connectivity index is 1.70. The van der Waals surface area contributed by atoms with Gasteiger partial charge in [-0.15, -0.1) is 0 Å². The molecule has 0 fully saturated rings. The van der Waals surface area contributed by atoms with Crippen molar-refractivity contribution in [2.75, 3.05) is 29.0 Å². The van der Waals surface area contributed by atoms with Crippen LogP contribution in [-0.2, 0) is 11.2 Å². The number of amides is 1. The topological polar surface area (TPSA) is 58.4 Å². The highest BCUT2D eigenvalue weighted by molar-refractivity contribution is 5.95. The Morgan fingerprint density at radius 3 is 2.90 bits per heavy atom. The molecule has 1 heterocycles. The smallest absolute Gasteiger partial charge is 0.243 e. The minimum absolute atomic E-state index is 0.000394. The Labute approximate surface area is 124 Å². The lowest BCUT2D eigenvalue weighted by atomic mass is 10.1. The molecule has 4 heteroatoms. The summed E-state index contributed by atoms with van der Waals surface area (Å²) in [4.78, 5) is 14.3. The van der Waals surface area contributed by atoms with Crippen molar-refractivity contribution in [3.63, 3.8) is 0 Å². The lowest BCUT2D eigenvalue weighted by molar-refractivity contribution is -0.115. The predicted octanol–water partition coefficient (Wildman–Crippen LogP) is 2.58. The molecule has 4 nitrogen and oxygen atoms in total. The van der Waals surface area contributed by atoms with Gasteiger partial charge >= 0.3 is 0 Å². The monoisotopic (exact) mass is 281 g/mol. The van der Waals surface area contributed by atoms with Crippen LogP contribution in [0, 0.1) is 6.92 Å². The van der Waals surface area contributed by atoms with Crippen LogP contribution in [-0.4, -0.2) is 19.0 Å². The highest BCUT2D eigenvalue weighted by Crippen LogP contribution is 2.29. The van der Waals surface area contributed by atoms with Crippen molar-refractivity contribution >= 4 is 23.0 Å². The van der Waals surface area contributed by atoms with Gasteiger partial charge in [-0.2, -0.15) is 0 Å². The van der Waals surface area contributed by atoms with Crippen LogP contribution in [0.2, 0.25) is 0 Å². The maximum atomic E-state index is 12.2. The van der Waals surface area contributed by atoms with Crippen LogP contribution in [0.3, 0.4) is 0 Å². The first-order chi connectivity index (χ1) is 10.1. The van der Waals surface area contributed by atoms with E-state index in [2.05, 4.69) is 10.2 Å². The molecular formula is C17H19N3O. The molecule has 0 atom stereocenters. The molecular weight excluding hydrogens is 262 g/mol. The summed E-state index contributed by atoms with van der Waals surface area (Å²) in [7, 11) is 0. The van der Waals surface area contributed by atoms with Crippen LogP contribution in [0.4, 0.5) is 17.1 Å². The fourth-order valence-electron chi connectivity index (χ4n) is 2.70. The number of carbonyl (C=O) groups is 1. The van der Waals surface area contributed by atoms with Crippen molar-refractivity contribution < 1.29 is 4.79 Å². The number of para-hydroxylation sites is 1. The lowest BCUT2D eigenvalue weighted by Gasteiger charge is -2.19. The number of nitrogens with two attached hydrogens (primary N) is 1. The first kappa shape index (κ1) is 13.5. The van der Waals surface area contributed by atoms with E-state index in [-0.39, 0.29) is 5.91 Å². The van der Waals surface area contributed by atoms with Crippen molar-refractivity contribution in [1.82, 2.24) is 0 Å². The van der Waals surface area contributed by atoms with Crippen LogP contribution in [0.25, 0.3) is 0 Å². The normalized spacial score (nSPS) is 13.1. The van der Waals surface area contributed by atoms with Gasteiger partial charge in [-0.25, -0.2) is 0 Å². The summed E-state index contributed by atoms with van der Waals surface area (Å²) in [5.41, 5.74) is 10.8. The van der Waals surface area contributed by atoms with Gasteiger partial charge in [0.25, 0.3) is 0 Å².